The first-order valence-electron chi connectivity index (χ1n) is 7.43. The molecule has 0 bridgehead atoms. The van der Waals surface area contributed by atoms with Crippen LogP contribution in [0.2, 0.25) is 0 Å². The van der Waals surface area contributed by atoms with Crippen molar-refractivity contribution in [2.24, 2.45) is 0 Å². The Morgan fingerprint density at radius 1 is 1.38 bits per heavy atom. The van der Waals surface area contributed by atoms with Gasteiger partial charge in [-0.05, 0) is 26.0 Å². The molecule has 0 spiro atoms. The quantitative estimate of drug-likeness (QED) is 0.875. The second-order valence-corrected chi connectivity index (χ2v) is 5.45. The van der Waals surface area contributed by atoms with Crippen molar-refractivity contribution in [1.82, 2.24) is 25.1 Å². The van der Waals surface area contributed by atoms with Crippen molar-refractivity contribution in [3.05, 3.63) is 41.7 Å². The molecule has 0 saturated heterocycles. The summed E-state index contributed by atoms with van der Waals surface area (Å²) in [6, 6.07) is 2.56. The number of aryl methyl sites for hydroxylation is 1. The van der Waals surface area contributed by atoms with Gasteiger partial charge in [-0.3, -0.25) is 9.48 Å². The van der Waals surface area contributed by atoms with Crippen LogP contribution < -0.4 is 5.32 Å². The van der Waals surface area contributed by atoms with Gasteiger partial charge in [-0.2, -0.15) is 18.3 Å². The van der Waals surface area contributed by atoms with E-state index in [0.717, 1.165) is 6.07 Å². The lowest BCUT2D eigenvalue weighted by molar-refractivity contribution is -0.141. The monoisotopic (exact) mass is 341 g/mol. The van der Waals surface area contributed by atoms with Crippen LogP contribution in [0.1, 0.15) is 36.6 Å². The molecule has 2 rings (SSSR count). The van der Waals surface area contributed by atoms with Gasteiger partial charge in [0.15, 0.2) is 0 Å². The van der Waals surface area contributed by atoms with Crippen LogP contribution in [0, 0.1) is 6.92 Å². The number of nitrogens with zero attached hydrogens (tertiary/aromatic N) is 4. The van der Waals surface area contributed by atoms with Crippen molar-refractivity contribution in [3.8, 4) is 0 Å². The van der Waals surface area contributed by atoms with Crippen LogP contribution in [0.25, 0.3) is 0 Å². The lowest BCUT2D eigenvalue weighted by Crippen LogP contribution is -2.28. The maximum atomic E-state index is 12.7. The van der Waals surface area contributed by atoms with Crippen molar-refractivity contribution in [2.45, 2.75) is 38.9 Å². The zero-order valence-electron chi connectivity index (χ0n) is 13.3. The molecule has 6 nitrogen and oxygen atoms in total. The Kier molecular flexibility index (Phi) is 5.53. The molecule has 130 valence electrons. The molecule has 0 radical (unpaired) electrons. The predicted octanol–water partition coefficient (Wildman–Crippen LogP) is 2.31. The van der Waals surface area contributed by atoms with E-state index in [-0.39, 0.29) is 42.9 Å². The second-order valence-electron chi connectivity index (χ2n) is 5.45. The molecule has 0 aliphatic rings. The van der Waals surface area contributed by atoms with Crippen LogP contribution in [0.5, 0.6) is 0 Å². The fourth-order valence-corrected chi connectivity index (χ4v) is 2.18. The minimum absolute atomic E-state index is 0.0581. The maximum Gasteiger partial charge on any atom is 0.433 e. The number of hydrogen-bond donors (Lipinski definition) is 1. The smallest absolute Gasteiger partial charge is 0.356 e. The number of nitrogens with one attached hydrogen (secondary N) is 1. The molecule has 1 amide bonds. The van der Waals surface area contributed by atoms with Crippen LogP contribution in [-0.2, 0) is 17.4 Å². The van der Waals surface area contributed by atoms with Crippen molar-refractivity contribution >= 4 is 5.91 Å². The van der Waals surface area contributed by atoms with E-state index in [1.165, 1.54) is 6.92 Å². The Hall–Kier alpha value is -2.45. The van der Waals surface area contributed by atoms with Gasteiger partial charge in [0, 0.05) is 37.5 Å². The molecule has 0 fully saturated rings. The van der Waals surface area contributed by atoms with E-state index in [9.17, 15) is 18.0 Å². The lowest BCUT2D eigenvalue weighted by Gasteiger charge is -2.12. The summed E-state index contributed by atoms with van der Waals surface area (Å²) in [6.45, 7) is 3.50. The molecule has 2 aromatic heterocycles. The van der Waals surface area contributed by atoms with Crippen molar-refractivity contribution in [1.29, 1.82) is 0 Å². The minimum atomic E-state index is -4.51. The number of alkyl halides is 3. The summed E-state index contributed by atoms with van der Waals surface area (Å²) in [5.74, 6) is -0.149. The average molecular weight is 341 g/mol. The van der Waals surface area contributed by atoms with Crippen LogP contribution in [0.4, 0.5) is 13.2 Å². The van der Waals surface area contributed by atoms with E-state index in [1.54, 1.807) is 23.1 Å². The molecule has 0 aliphatic heterocycles. The van der Waals surface area contributed by atoms with Gasteiger partial charge in [-0.15, -0.1) is 0 Å². The molecule has 24 heavy (non-hydrogen) atoms. The Balaban J connectivity index is 1.85. The highest BCUT2D eigenvalue weighted by atomic mass is 19.4. The third-order valence-electron chi connectivity index (χ3n) is 3.32. The Morgan fingerprint density at radius 3 is 2.75 bits per heavy atom. The zero-order chi connectivity index (χ0) is 17.7. The molecule has 9 heteroatoms. The van der Waals surface area contributed by atoms with E-state index in [1.807, 2.05) is 6.92 Å². The number of hydrogen-bond acceptors (Lipinski definition) is 4. The van der Waals surface area contributed by atoms with E-state index < -0.39 is 11.9 Å². The zero-order valence-corrected chi connectivity index (χ0v) is 13.3. The van der Waals surface area contributed by atoms with Gasteiger partial charge in [0.05, 0.1) is 6.04 Å². The normalized spacial score (nSPS) is 12.9. The lowest BCUT2D eigenvalue weighted by atomic mass is 10.2. The number of carbonyl (C=O) groups excluding carboxylic acids is 1. The van der Waals surface area contributed by atoms with E-state index in [0.29, 0.717) is 0 Å². The highest BCUT2D eigenvalue weighted by molar-refractivity contribution is 5.76. The molecule has 0 saturated carbocycles. The highest BCUT2D eigenvalue weighted by Gasteiger charge is 2.33. The summed E-state index contributed by atoms with van der Waals surface area (Å²) in [6.07, 6.45) is -0.763. The second kappa shape index (κ2) is 7.41. The third kappa shape index (κ3) is 5.04. The first-order chi connectivity index (χ1) is 11.3. The molecule has 0 aromatic carbocycles. The van der Waals surface area contributed by atoms with E-state index in [2.05, 4.69) is 20.4 Å². The summed E-state index contributed by atoms with van der Waals surface area (Å²) in [5.41, 5.74) is -0.727. The summed E-state index contributed by atoms with van der Waals surface area (Å²) < 4.78 is 39.8. The molecular formula is C15H18F3N5O. The first kappa shape index (κ1) is 17.9. The number of amides is 1. The number of carbonyl (C=O) groups is 1. The largest absolute Gasteiger partial charge is 0.433 e. The van der Waals surface area contributed by atoms with Crippen molar-refractivity contribution < 1.29 is 18.0 Å². The molecule has 1 unspecified atom stereocenters. The predicted molar refractivity (Wildman–Crippen MR) is 80.0 cm³/mol. The molecule has 0 aliphatic carbocycles. The molecule has 1 N–H and O–H groups in total. The van der Waals surface area contributed by atoms with Crippen LogP contribution in [0.3, 0.4) is 0 Å². The number of rotatable bonds is 6. The Labute approximate surface area is 137 Å². The minimum Gasteiger partial charge on any atom is -0.356 e. The Bertz CT molecular complexity index is 685. The fraction of sp³-hybridized carbons (Fsp3) is 0.467. The van der Waals surface area contributed by atoms with Crippen LogP contribution in [0.15, 0.2) is 24.5 Å². The fourth-order valence-electron chi connectivity index (χ4n) is 2.18. The number of halogens is 3. The Morgan fingerprint density at radius 2 is 2.12 bits per heavy atom. The topological polar surface area (TPSA) is 72.7 Å². The van der Waals surface area contributed by atoms with Gasteiger partial charge in [-0.25, -0.2) is 9.97 Å². The first-order valence-corrected chi connectivity index (χ1v) is 7.43. The van der Waals surface area contributed by atoms with Gasteiger partial charge in [0.25, 0.3) is 0 Å². The highest BCUT2D eigenvalue weighted by Crippen LogP contribution is 2.27. The van der Waals surface area contributed by atoms with Gasteiger partial charge >= 0.3 is 6.18 Å². The maximum absolute atomic E-state index is 12.7. The van der Waals surface area contributed by atoms with E-state index in [4.69, 9.17) is 0 Å². The number of aromatic nitrogens is 4. The van der Waals surface area contributed by atoms with Gasteiger partial charge < -0.3 is 5.32 Å². The van der Waals surface area contributed by atoms with E-state index >= 15 is 0 Å². The third-order valence-corrected chi connectivity index (χ3v) is 3.32. The molecule has 1 atom stereocenters. The SMILES string of the molecule is Cc1cc(C(F)(F)F)nc(CCNC(=O)CC(C)n2cccn2)n1. The van der Waals surface area contributed by atoms with Crippen LogP contribution >= 0.6 is 0 Å². The summed E-state index contributed by atoms with van der Waals surface area (Å²) in [7, 11) is 0. The molecular weight excluding hydrogens is 323 g/mol. The van der Waals surface area contributed by atoms with Gasteiger partial charge in [0.2, 0.25) is 5.91 Å². The van der Waals surface area contributed by atoms with Gasteiger partial charge in [0.1, 0.15) is 11.5 Å². The molecule has 2 aromatic rings. The summed E-state index contributed by atoms with van der Waals surface area (Å²) >= 11 is 0. The van der Waals surface area contributed by atoms with Crippen LogP contribution in [-0.4, -0.2) is 32.2 Å². The average Bonchev–Trinajstić information content (AvgIpc) is 3.00. The molecule has 2 heterocycles. The summed E-state index contributed by atoms with van der Waals surface area (Å²) in [4.78, 5) is 19.3. The standard InChI is InChI=1S/C15H18F3N5O/c1-10-8-12(15(16,17)18)22-13(21-10)4-6-19-14(24)9-11(2)23-7-3-5-20-23/h3,5,7-8,11H,4,6,9H2,1-2H3,(H,19,24). The van der Waals surface area contributed by atoms with Crippen molar-refractivity contribution in [3.63, 3.8) is 0 Å². The van der Waals surface area contributed by atoms with Gasteiger partial charge in [-0.1, -0.05) is 0 Å². The van der Waals surface area contributed by atoms with Crippen molar-refractivity contribution in [2.75, 3.05) is 6.54 Å². The summed E-state index contributed by atoms with van der Waals surface area (Å²) in [5, 5.41) is 6.71.